The molecule has 0 amide bonds. The van der Waals surface area contributed by atoms with Crippen LogP contribution in [-0.4, -0.2) is 6.26 Å². The van der Waals surface area contributed by atoms with Gasteiger partial charge in [-0.3, -0.25) is 0 Å². The van der Waals surface area contributed by atoms with Crippen LogP contribution in [0.2, 0.25) is 0 Å². The lowest BCUT2D eigenvalue weighted by Crippen LogP contribution is -1.79. The summed E-state index contributed by atoms with van der Waals surface area (Å²) in [4.78, 5) is 1.03. The van der Waals surface area contributed by atoms with Crippen LogP contribution in [0.15, 0.2) is 56.2 Å². The van der Waals surface area contributed by atoms with Crippen molar-refractivity contribution in [3.05, 3.63) is 52.8 Å². The van der Waals surface area contributed by atoms with Gasteiger partial charge in [0.05, 0.1) is 4.90 Å². The summed E-state index contributed by atoms with van der Waals surface area (Å²) in [5.41, 5.74) is 1.57. The first-order chi connectivity index (χ1) is 9.19. The molecule has 2 aromatic carbocycles. The molecule has 1 nitrogen and oxygen atoms in total. The second-order valence-electron chi connectivity index (χ2n) is 4.12. The Bertz CT molecular complexity index is 751. The molecule has 0 aliphatic heterocycles. The molecular weight excluding hydrogens is 327 g/mol. The van der Waals surface area contributed by atoms with Gasteiger partial charge in [0.1, 0.15) is 17.2 Å². The van der Waals surface area contributed by atoms with Gasteiger partial charge in [0.15, 0.2) is 0 Å². The summed E-state index contributed by atoms with van der Waals surface area (Å²) in [6.07, 6.45) is 1.99. The maximum absolute atomic E-state index is 13.4. The fourth-order valence-corrected chi connectivity index (χ4v) is 3.16. The minimum absolute atomic E-state index is 0.258. The van der Waals surface area contributed by atoms with Crippen LogP contribution >= 0.6 is 27.7 Å². The van der Waals surface area contributed by atoms with E-state index in [0.717, 1.165) is 31.7 Å². The number of benzene rings is 2. The zero-order chi connectivity index (χ0) is 13.4. The van der Waals surface area contributed by atoms with E-state index in [2.05, 4.69) is 15.9 Å². The van der Waals surface area contributed by atoms with Gasteiger partial charge in [0, 0.05) is 15.4 Å². The standard InChI is InChI=1S/C15H10BrFOS/c1-19-15-12-8-10(16)5-6-13(12)18-14(15)9-3-2-4-11(17)7-9/h2-8H,1H3. The number of thioether (sulfide) groups is 1. The monoisotopic (exact) mass is 336 g/mol. The Morgan fingerprint density at radius 3 is 2.74 bits per heavy atom. The molecule has 96 valence electrons. The van der Waals surface area contributed by atoms with Crippen LogP contribution in [0.3, 0.4) is 0 Å². The molecule has 0 unspecified atom stereocenters. The molecule has 0 bridgehead atoms. The van der Waals surface area contributed by atoms with Crippen molar-refractivity contribution in [2.24, 2.45) is 0 Å². The van der Waals surface area contributed by atoms with Crippen LogP contribution < -0.4 is 0 Å². The summed E-state index contributed by atoms with van der Waals surface area (Å²) in [6.45, 7) is 0. The Balaban J connectivity index is 2.29. The molecule has 1 heterocycles. The fourth-order valence-electron chi connectivity index (χ4n) is 2.07. The molecule has 1 aromatic heterocycles. The van der Waals surface area contributed by atoms with Crippen molar-refractivity contribution in [3.63, 3.8) is 0 Å². The van der Waals surface area contributed by atoms with Crippen molar-refractivity contribution >= 4 is 38.7 Å². The normalized spacial score (nSPS) is 11.1. The van der Waals surface area contributed by atoms with Gasteiger partial charge in [-0.1, -0.05) is 28.1 Å². The largest absolute Gasteiger partial charge is 0.455 e. The number of furan rings is 1. The second kappa shape index (κ2) is 5.02. The summed E-state index contributed by atoms with van der Waals surface area (Å²) < 4.78 is 20.2. The Morgan fingerprint density at radius 1 is 1.16 bits per heavy atom. The third-order valence-electron chi connectivity index (χ3n) is 2.90. The van der Waals surface area contributed by atoms with Gasteiger partial charge in [-0.15, -0.1) is 11.8 Å². The van der Waals surface area contributed by atoms with E-state index in [1.165, 1.54) is 12.1 Å². The highest BCUT2D eigenvalue weighted by Crippen LogP contribution is 2.40. The molecule has 0 N–H and O–H groups in total. The highest BCUT2D eigenvalue weighted by molar-refractivity contribution is 9.10. The van der Waals surface area contributed by atoms with Crippen molar-refractivity contribution in [1.82, 2.24) is 0 Å². The summed E-state index contributed by atoms with van der Waals surface area (Å²) in [7, 11) is 0. The minimum Gasteiger partial charge on any atom is -0.455 e. The Hall–Kier alpha value is -1.26. The van der Waals surface area contributed by atoms with Crippen molar-refractivity contribution in [2.45, 2.75) is 4.90 Å². The quantitative estimate of drug-likeness (QED) is 0.555. The van der Waals surface area contributed by atoms with Gasteiger partial charge in [-0.25, -0.2) is 4.39 Å². The minimum atomic E-state index is -0.258. The SMILES string of the molecule is CSc1c(-c2cccc(F)c2)oc2ccc(Br)cc12. The van der Waals surface area contributed by atoms with Crippen LogP contribution in [-0.2, 0) is 0 Å². The van der Waals surface area contributed by atoms with Crippen LogP contribution in [0.25, 0.3) is 22.3 Å². The van der Waals surface area contributed by atoms with Crippen molar-refractivity contribution in [3.8, 4) is 11.3 Å². The zero-order valence-corrected chi connectivity index (χ0v) is 12.5. The van der Waals surface area contributed by atoms with E-state index in [0.29, 0.717) is 0 Å². The van der Waals surface area contributed by atoms with E-state index in [4.69, 9.17) is 4.42 Å². The first kappa shape index (κ1) is 12.8. The number of hydrogen-bond donors (Lipinski definition) is 0. The number of rotatable bonds is 2. The fraction of sp³-hybridized carbons (Fsp3) is 0.0667. The maximum atomic E-state index is 13.4. The molecule has 3 aromatic rings. The molecule has 0 saturated carbocycles. The number of fused-ring (bicyclic) bond motifs is 1. The lowest BCUT2D eigenvalue weighted by molar-refractivity contribution is 0.614. The van der Waals surface area contributed by atoms with Crippen molar-refractivity contribution in [1.29, 1.82) is 0 Å². The molecule has 0 saturated heterocycles. The Labute approximate surface area is 122 Å². The second-order valence-corrected chi connectivity index (χ2v) is 5.85. The summed E-state index contributed by atoms with van der Waals surface area (Å²) in [6, 6.07) is 12.3. The molecule has 0 aliphatic carbocycles. The van der Waals surface area contributed by atoms with E-state index >= 15 is 0 Å². The molecule has 0 fully saturated rings. The summed E-state index contributed by atoms with van der Waals surface area (Å²) in [5.74, 6) is 0.464. The predicted molar refractivity (Wildman–Crippen MR) is 81.1 cm³/mol. The van der Waals surface area contributed by atoms with E-state index < -0.39 is 0 Å². The number of hydrogen-bond acceptors (Lipinski definition) is 2. The molecule has 0 atom stereocenters. The van der Waals surface area contributed by atoms with E-state index in [-0.39, 0.29) is 5.82 Å². The molecule has 0 spiro atoms. The van der Waals surface area contributed by atoms with E-state index in [1.807, 2.05) is 30.5 Å². The van der Waals surface area contributed by atoms with Crippen LogP contribution in [0.1, 0.15) is 0 Å². The van der Waals surface area contributed by atoms with E-state index in [1.54, 1.807) is 17.8 Å². The van der Waals surface area contributed by atoms with E-state index in [9.17, 15) is 4.39 Å². The molecule has 0 radical (unpaired) electrons. The van der Waals surface area contributed by atoms with Crippen LogP contribution in [0, 0.1) is 5.82 Å². The van der Waals surface area contributed by atoms with Crippen molar-refractivity contribution in [2.75, 3.05) is 6.26 Å². The van der Waals surface area contributed by atoms with Gasteiger partial charge in [0.25, 0.3) is 0 Å². The summed E-state index contributed by atoms with van der Waals surface area (Å²) >= 11 is 5.07. The zero-order valence-electron chi connectivity index (χ0n) is 10.1. The van der Waals surface area contributed by atoms with Gasteiger partial charge in [0.2, 0.25) is 0 Å². The average Bonchev–Trinajstić information content (AvgIpc) is 2.76. The highest BCUT2D eigenvalue weighted by Gasteiger charge is 2.15. The van der Waals surface area contributed by atoms with Crippen molar-refractivity contribution < 1.29 is 8.81 Å². The van der Waals surface area contributed by atoms with Gasteiger partial charge in [-0.2, -0.15) is 0 Å². The van der Waals surface area contributed by atoms with Gasteiger partial charge >= 0.3 is 0 Å². The van der Waals surface area contributed by atoms with Crippen LogP contribution in [0.5, 0.6) is 0 Å². The third-order valence-corrected chi connectivity index (χ3v) is 4.20. The molecule has 4 heteroatoms. The number of halogens is 2. The Morgan fingerprint density at radius 2 is 2.00 bits per heavy atom. The summed E-state index contributed by atoms with van der Waals surface area (Å²) in [5, 5.41) is 1.04. The lowest BCUT2D eigenvalue weighted by Gasteiger charge is -2.00. The maximum Gasteiger partial charge on any atom is 0.149 e. The molecular formula is C15H10BrFOS. The van der Waals surface area contributed by atoms with Gasteiger partial charge < -0.3 is 4.42 Å². The Kier molecular flexibility index (Phi) is 3.37. The highest BCUT2D eigenvalue weighted by atomic mass is 79.9. The predicted octanol–water partition coefficient (Wildman–Crippen LogP) is 5.72. The smallest absolute Gasteiger partial charge is 0.149 e. The lowest BCUT2D eigenvalue weighted by atomic mass is 10.1. The molecule has 3 rings (SSSR count). The first-order valence-corrected chi connectivity index (χ1v) is 7.73. The average molecular weight is 337 g/mol. The topological polar surface area (TPSA) is 13.1 Å². The first-order valence-electron chi connectivity index (χ1n) is 5.71. The molecule has 0 aliphatic rings. The third kappa shape index (κ3) is 2.30. The molecule has 19 heavy (non-hydrogen) atoms. The van der Waals surface area contributed by atoms with Crippen LogP contribution in [0.4, 0.5) is 4.39 Å². The van der Waals surface area contributed by atoms with Gasteiger partial charge in [-0.05, 0) is 36.6 Å².